The fourth-order valence-corrected chi connectivity index (χ4v) is 3.69. The molecule has 0 heterocycles. The van der Waals surface area contributed by atoms with Gasteiger partial charge in [-0.05, 0) is 61.2 Å². The Morgan fingerprint density at radius 1 is 1.37 bits per heavy atom. The van der Waals surface area contributed by atoms with Crippen LogP contribution < -0.4 is 15.5 Å². The average Bonchev–Trinajstić information content (AvgIpc) is 2.63. The van der Waals surface area contributed by atoms with Gasteiger partial charge in [-0.1, -0.05) is 26.7 Å². The number of aliphatic carboxylic acids is 1. The monoisotopic (exact) mass is 391 g/mol. The zero-order valence-corrected chi connectivity index (χ0v) is 17.2. The molecule has 0 radical (unpaired) electrons. The molecule has 0 amide bonds. The number of nitrogens with one attached hydrogen (secondary N) is 2. The van der Waals surface area contributed by atoms with Crippen LogP contribution in [0, 0.1) is 11.8 Å². The number of carboxylic acid groups (broad SMARTS) is 1. The highest BCUT2D eigenvalue weighted by Gasteiger charge is 2.27. The average molecular weight is 392 g/mol. The van der Waals surface area contributed by atoms with Crippen molar-refractivity contribution in [2.75, 3.05) is 7.11 Å². The Kier molecular flexibility index (Phi) is 7.59. The van der Waals surface area contributed by atoms with Crippen molar-refractivity contribution >= 4 is 29.0 Å². The van der Waals surface area contributed by atoms with Crippen molar-refractivity contribution in [1.82, 2.24) is 10.7 Å². The number of methoxy groups -OCH3 is 1. The first kappa shape index (κ1) is 21.2. The molecule has 2 rings (SSSR count). The molecule has 1 saturated carbocycles. The van der Waals surface area contributed by atoms with E-state index in [-0.39, 0.29) is 6.42 Å². The first-order valence-corrected chi connectivity index (χ1v) is 9.72. The third-order valence-corrected chi connectivity index (χ3v) is 5.60. The van der Waals surface area contributed by atoms with Crippen LogP contribution in [0.2, 0.25) is 0 Å². The minimum Gasteiger partial charge on any atom is -0.496 e. The van der Waals surface area contributed by atoms with Crippen molar-refractivity contribution < 1.29 is 14.6 Å². The van der Waals surface area contributed by atoms with E-state index in [9.17, 15) is 4.79 Å². The number of rotatable bonds is 6. The van der Waals surface area contributed by atoms with Crippen molar-refractivity contribution in [1.29, 1.82) is 0 Å². The molecule has 1 aliphatic rings. The first-order chi connectivity index (χ1) is 12.8. The number of benzene rings is 1. The van der Waals surface area contributed by atoms with Crippen molar-refractivity contribution in [2.45, 2.75) is 52.5 Å². The van der Waals surface area contributed by atoms with E-state index in [4.69, 9.17) is 22.1 Å². The number of ether oxygens (including phenoxy) is 1. The van der Waals surface area contributed by atoms with Gasteiger partial charge in [-0.3, -0.25) is 10.2 Å². The maximum atomic E-state index is 11.0. The summed E-state index contributed by atoms with van der Waals surface area (Å²) in [7, 11) is 1.53. The molecule has 0 bridgehead atoms. The lowest BCUT2D eigenvalue weighted by Crippen LogP contribution is -2.46. The fraction of sp³-hybridized carbons (Fsp3) is 0.550. The quantitative estimate of drug-likeness (QED) is 0.392. The summed E-state index contributed by atoms with van der Waals surface area (Å²) >= 11 is 5.39. The summed E-state index contributed by atoms with van der Waals surface area (Å²) in [5.74, 6) is 0.916. The number of nitrogens with zero attached hydrogens (tertiary/aromatic N) is 1. The summed E-state index contributed by atoms with van der Waals surface area (Å²) < 4.78 is 5.23. The van der Waals surface area contributed by atoms with E-state index in [0.717, 1.165) is 17.7 Å². The van der Waals surface area contributed by atoms with Gasteiger partial charge in [0.2, 0.25) is 0 Å². The Hall–Kier alpha value is -2.15. The third kappa shape index (κ3) is 5.92. The van der Waals surface area contributed by atoms with Crippen molar-refractivity contribution in [3.63, 3.8) is 0 Å². The van der Waals surface area contributed by atoms with Gasteiger partial charge in [0.05, 0.1) is 19.2 Å². The molecular formula is C20H29N3O3S. The zero-order valence-electron chi connectivity index (χ0n) is 16.4. The minimum atomic E-state index is -0.903. The molecule has 0 saturated heterocycles. The predicted octanol–water partition coefficient (Wildman–Crippen LogP) is 3.34. The predicted molar refractivity (Wildman–Crippen MR) is 111 cm³/mol. The van der Waals surface area contributed by atoms with Crippen LogP contribution in [0.1, 0.15) is 51.2 Å². The molecule has 1 aromatic carbocycles. The van der Waals surface area contributed by atoms with E-state index in [2.05, 4.69) is 29.7 Å². The van der Waals surface area contributed by atoms with Crippen LogP contribution in [0.15, 0.2) is 23.3 Å². The van der Waals surface area contributed by atoms with Gasteiger partial charge in [-0.15, -0.1) is 0 Å². The van der Waals surface area contributed by atoms with Crippen LogP contribution in [0.5, 0.6) is 5.75 Å². The van der Waals surface area contributed by atoms with E-state index in [1.54, 1.807) is 12.1 Å². The summed E-state index contributed by atoms with van der Waals surface area (Å²) in [5, 5.41) is 17.3. The van der Waals surface area contributed by atoms with Crippen LogP contribution in [0.3, 0.4) is 0 Å². The summed E-state index contributed by atoms with van der Waals surface area (Å²) in [6, 6.07) is 5.77. The SMILES string of the molecule is COc1ccc(/C(C)=N\NC(=S)N[C@H]2CCC[C@@H](C)[C@H]2C)cc1CC(=O)O. The summed E-state index contributed by atoms with van der Waals surface area (Å²) in [6.45, 7) is 6.41. The molecule has 27 heavy (non-hydrogen) atoms. The molecule has 3 N–H and O–H groups in total. The Morgan fingerprint density at radius 3 is 2.78 bits per heavy atom. The molecular weight excluding hydrogens is 362 g/mol. The van der Waals surface area contributed by atoms with Gasteiger partial charge in [0, 0.05) is 11.6 Å². The van der Waals surface area contributed by atoms with Gasteiger partial charge in [-0.2, -0.15) is 5.10 Å². The van der Waals surface area contributed by atoms with E-state index in [1.165, 1.54) is 20.0 Å². The highest BCUT2D eigenvalue weighted by Crippen LogP contribution is 2.29. The number of carboxylic acids is 1. The first-order valence-electron chi connectivity index (χ1n) is 9.31. The lowest BCUT2D eigenvalue weighted by Gasteiger charge is -2.35. The Labute approximate surface area is 166 Å². The molecule has 1 fully saturated rings. The lowest BCUT2D eigenvalue weighted by molar-refractivity contribution is -0.136. The molecule has 3 atom stereocenters. The summed E-state index contributed by atoms with van der Waals surface area (Å²) in [6.07, 6.45) is 3.50. The smallest absolute Gasteiger partial charge is 0.307 e. The number of hydrogen-bond acceptors (Lipinski definition) is 4. The summed E-state index contributed by atoms with van der Waals surface area (Å²) in [5.41, 5.74) is 5.07. The maximum Gasteiger partial charge on any atom is 0.307 e. The van der Waals surface area contributed by atoms with Gasteiger partial charge < -0.3 is 15.2 Å². The second-order valence-corrected chi connectivity index (χ2v) is 7.66. The topological polar surface area (TPSA) is 83.0 Å². The Morgan fingerprint density at radius 2 is 2.11 bits per heavy atom. The minimum absolute atomic E-state index is 0.102. The molecule has 7 heteroatoms. The number of carbonyl (C=O) groups is 1. The largest absolute Gasteiger partial charge is 0.496 e. The van der Waals surface area contributed by atoms with Gasteiger partial charge in [0.1, 0.15) is 5.75 Å². The number of hydrazone groups is 1. The second-order valence-electron chi connectivity index (χ2n) is 7.25. The van der Waals surface area contributed by atoms with Gasteiger partial charge in [0.25, 0.3) is 0 Å². The van der Waals surface area contributed by atoms with E-state index < -0.39 is 5.97 Å². The molecule has 0 aliphatic heterocycles. The van der Waals surface area contributed by atoms with Crippen LogP contribution >= 0.6 is 12.2 Å². The van der Waals surface area contributed by atoms with Crippen LogP contribution in [0.4, 0.5) is 0 Å². The molecule has 0 aromatic heterocycles. The van der Waals surface area contributed by atoms with Crippen LogP contribution in [-0.4, -0.2) is 35.1 Å². The summed E-state index contributed by atoms with van der Waals surface area (Å²) in [4.78, 5) is 11.0. The van der Waals surface area contributed by atoms with Crippen molar-refractivity contribution in [3.05, 3.63) is 29.3 Å². The molecule has 6 nitrogen and oxygen atoms in total. The molecule has 148 valence electrons. The highest BCUT2D eigenvalue weighted by atomic mass is 32.1. The Balaban J connectivity index is 2.02. The van der Waals surface area contributed by atoms with E-state index >= 15 is 0 Å². The molecule has 0 spiro atoms. The lowest BCUT2D eigenvalue weighted by atomic mass is 9.78. The van der Waals surface area contributed by atoms with E-state index in [1.807, 2.05) is 13.0 Å². The maximum absolute atomic E-state index is 11.0. The van der Waals surface area contributed by atoms with Crippen LogP contribution in [-0.2, 0) is 11.2 Å². The van der Waals surface area contributed by atoms with Crippen molar-refractivity contribution in [3.8, 4) is 5.75 Å². The van der Waals surface area contributed by atoms with Gasteiger partial charge in [-0.25, -0.2) is 0 Å². The number of thiocarbonyl (C=S) groups is 1. The van der Waals surface area contributed by atoms with Gasteiger partial charge in [0.15, 0.2) is 5.11 Å². The molecule has 0 unspecified atom stereocenters. The van der Waals surface area contributed by atoms with Crippen molar-refractivity contribution in [2.24, 2.45) is 16.9 Å². The highest BCUT2D eigenvalue weighted by molar-refractivity contribution is 7.80. The third-order valence-electron chi connectivity index (χ3n) is 5.39. The van der Waals surface area contributed by atoms with Crippen LogP contribution in [0.25, 0.3) is 0 Å². The Bertz CT molecular complexity index is 720. The number of hydrogen-bond donors (Lipinski definition) is 3. The van der Waals surface area contributed by atoms with Gasteiger partial charge >= 0.3 is 5.97 Å². The van der Waals surface area contributed by atoms with E-state index in [0.29, 0.717) is 34.3 Å². The second kappa shape index (κ2) is 9.69. The molecule has 1 aliphatic carbocycles. The molecule has 1 aromatic rings. The zero-order chi connectivity index (χ0) is 20.0. The fourth-order valence-electron chi connectivity index (χ4n) is 3.49. The standard InChI is InChI=1S/C20H29N3O3S/c1-12-6-5-7-17(13(12)2)21-20(27)23-22-14(3)15-8-9-18(26-4)16(10-15)11-19(24)25/h8-10,12-13,17H,5-7,11H2,1-4H3,(H,24,25)(H2,21,23,27)/b22-14-/t12-,13-,17+/m1/s1. The normalized spacial score (nSPS) is 22.8.